The van der Waals surface area contributed by atoms with Gasteiger partial charge in [-0.3, -0.25) is 0 Å². The molecular formula is C20H32N2. The van der Waals surface area contributed by atoms with Gasteiger partial charge in [0.1, 0.15) is 0 Å². The average molecular weight is 300 g/mol. The highest BCUT2D eigenvalue weighted by atomic mass is 15.2. The Morgan fingerprint density at radius 1 is 1.14 bits per heavy atom. The lowest BCUT2D eigenvalue weighted by molar-refractivity contribution is 0.0723. The van der Waals surface area contributed by atoms with E-state index in [2.05, 4.69) is 62.2 Å². The van der Waals surface area contributed by atoms with Crippen molar-refractivity contribution in [2.45, 2.75) is 57.9 Å². The molecule has 2 atom stereocenters. The lowest BCUT2D eigenvalue weighted by Gasteiger charge is -2.45. The maximum atomic E-state index is 3.85. The van der Waals surface area contributed by atoms with Gasteiger partial charge in [0.05, 0.1) is 0 Å². The molecule has 0 unspecified atom stereocenters. The lowest BCUT2D eigenvalue weighted by Crippen LogP contribution is -2.56. The Balaban J connectivity index is 1.54. The second kappa shape index (κ2) is 6.33. The largest absolute Gasteiger partial charge is 0.312 e. The van der Waals surface area contributed by atoms with Crippen molar-refractivity contribution in [3.8, 4) is 0 Å². The lowest BCUT2D eigenvalue weighted by atomic mass is 9.83. The first-order valence-electron chi connectivity index (χ1n) is 8.99. The van der Waals surface area contributed by atoms with Crippen LogP contribution in [0.4, 0.5) is 0 Å². The number of rotatable bonds is 4. The van der Waals surface area contributed by atoms with Crippen LogP contribution in [0.25, 0.3) is 0 Å². The van der Waals surface area contributed by atoms with Gasteiger partial charge in [-0.15, -0.1) is 0 Å². The summed E-state index contributed by atoms with van der Waals surface area (Å²) in [5.41, 5.74) is 3.13. The molecule has 22 heavy (non-hydrogen) atoms. The second-order valence-corrected chi connectivity index (χ2v) is 8.43. The van der Waals surface area contributed by atoms with Crippen LogP contribution in [0.3, 0.4) is 0 Å². The molecule has 3 aliphatic rings. The Morgan fingerprint density at radius 2 is 1.77 bits per heavy atom. The first-order valence-corrected chi connectivity index (χ1v) is 8.99. The summed E-state index contributed by atoms with van der Waals surface area (Å²) in [6, 6.07) is 9.98. The molecule has 4 rings (SSSR count). The third-order valence-electron chi connectivity index (χ3n) is 5.69. The van der Waals surface area contributed by atoms with Crippen LogP contribution in [0.5, 0.6) is 0 Å². The van der Waals surface area contributed by atoms with Gasteiger partial charge in [-0.2, -0.15) is 0 Å². The molecule has 1 aromatic carbocycles. The summed E-state index contributed by atoms with van der Waals surface area (Å²) in [7, 11) is 0. The quantitative estimate of drug-likeness (QED) is 0.910. The van der Waals surface area contributed by atoms with Gasteiger partial charge < -0.3 is 10.2 Å². The first-order chi connectivity index (χ1) is 10.4. The molecule has 3 heterocycles. The predicted octanol–water partition coefficient (Wildman–Crippen LogP) is 3.77. The summed E-state index contributed by atoms with van der Waals surface area (Å²) in [6.07, 6.45) is 2.79. The topological polar surface area (TPSA) is 15.3 Å². The summed E-state index contributed by atoms with van der Waals surface area (Å²) < 4.78 is 0. The zero-order valence-corrected chi connectivity index (χ0v) is 14.7. The monoisotopic (exact) mass is 300 g/mol. The number of nitrogens with one attached hydrogen (secondary N) is 1. The van der Waals surface area contributed by atoms with Crippen molar-refractivity contribution in [3.05, 3.63) is 35.4 Å². The molecule has 1 N–H and O–H groups in total. The molecule has 0 spiro atoms. The highest BCUT2D eigenvalue weighted by Crippen LogP contribution is 2.28. The molecule has 3 saturated heterocycles. The van der Waals surface area contributed by atoms with E-state index in [1.165, 1.54) is 43.6 Å². The van der Waals surface area contributed by atoms with Gasteiger partial charge in [0.25, 0.3) is 0 Å². The van der Waals surface area contributed by atoms with Gasteiger partial charge in [0, 0.05) is 19.1 Å². The fourth-order valence-corrected chi connectivity index (χ4v) is 3.95. The maximum Gasteiger partial charge on any atom is 0.0224 e. The summed E-state index contributed by atoms with van der Waals surface area (Å²) in [6.45, 7) is 14.2. The van der Waals surface area contributed by atoms with Gasteiger partial charge in [-0.05, 0) is 54.3 Å². The van der Waals surface area contributed by atoms with Crippen LogP contribution in [0.2, 0.25) is 0 Å². The minimum absolute atomic E-state index is 0.246. The number of hydrogen-bond acceptors (Lipinski definition) is 2. The predicted molar refractivity (Wildman–Crippen MR) is 94.5 cm³/mol. The van der Waals surface area contributed by atoms with E-state index in [1.54, 1.807) is 0 Å². The first kappa shape index (κ1) is 16.0. The molecule has 0 saturated carbocycles. The summed E-state index contributed by atoms with van der Waals surface area (Å²) >= 11 is 0. The third-order valence-corrected chi connectivity index (χ3v) is 5.69. The third kappa shape index (κ3) is 3.55. The highest BCUT2D eigenvalue weighted by Gasteiger charge is 2.33. The minimum atomic E-state index is 0.246. The van der Waals surface area contributed by atoms with E-state index in [9.17, 15) is 0 Å². The maximum absolute atomic E-state index is 3.85. The molecule has 0 aliphatic carbocycles. The van der Waals surface area contributed by atoms with Crippen LogP contribution < -0.4 is 5.32 Å². The van der Waals surface area contributed by atoms with Gasteiger partial charge in [-0.25, -0.2) is 0 Å². The molecule has 2 nitrogen and oxygen atoms in total. The van der Waals surface area contributed by atoms with Crippen LogP contribution in [0.1, 0.15) is 57.6 Å². The van der Waals surface area contributed by atoms with E-state index >= 15 is 0 Å². The van der Waals surface area contributed by atoms with Crippen molar-refractivity contribution >= 4 is 0 Å². The summed E-state index contributed by atoms with van der Waals surface area (Å²) in [5.74, 6) is 1.50. The van der Waals surface area contributed by atoms with E-state index in [0.29, 0.717) is 5.92 Å². The Hall–Kier alpha value is -0.860. The Kier molecular flexibility index (Phi) is 4.61. The van der Waals surface area contributed by atoms with Crippen molar-refractivity contribution in [1.82, 2.24) is 10.2 Å². The van der Waals surface area contributed by atoms with Gasteiger partial charge in [0.2, 0.25) is 0 Å². The van der Waals surface area contributed by atoms with E-state index in [-0.39, 0.29) is 5.41 Å². The van der Waals surface area contributed by atoms with Gasteiger partial charge >= 0.3 is 0 Å². The number of benzene rings is 1. The van der Waals surface area contributed by atoms with Crippen LogP contribution in [0, 0.1) is 5.92 Å². The van der Waals surface area contributed by atoms with E-state index in [4.69, 9.17) is 0 Å². The molecule has 0 amide bonds. The standard InChI is InChI=1S/C20H32N2/c1-15(16-5-7-18(8-6-16)20(2,3)4)13-21-19-14-22-11-9-17(19)10-12-22/h5-8,15,17,19,21H,9-14H2,1-4H3/t15-,19-/m1/s1. The summed E-state index contributed by atoms with van der Waals surface area (Å²) in [5, 5.41) is 3.85. The van der Waals surface area contributed by atoms with Crippen LogP contribution in [-0.4, -0.2) is 37.1 Å². The molecular weight excluding hydrogens is 268 g/mol. The number of nitrogens with zero attached hydrogens (tertiary/aromatic N) is 1. The van der Waals surface area contributed by atoms with Crippen molar-refractivity contribution in [2.24, 2.45) is 5.92 Å². The highest BCUT2D eigenvalue weighted by molar-refractivity contribution is 5.29. The molecule has 3 aliphatic heterocycles. The fraction of sp³-hybridized carbons (Fsp3) is 0.700. The number of hydrogen-bond donors (Lipinski definition) is 1. The molecule has 0 aromatic heterocycles. The Morgan fingerprint density at radius 3 is 2.27 bits per heavy atom. The Labute approximate surface area is 136 Å². The van der Waals surface area contributed by atoms with Gasteiger partial charge in [-0.1, -0.05) is 52.0 Å². The zero-order chi connectivity index (χ0) is 15.7. The fourth-order valence-electron chi connectivity index (χ4n) is 3.95. The minimum Gasteiger partial charge on any atom is -0.312 e. The van der Waals surface area contributed by atoms with Crippen LogP contribution in [0.15, 0.2) is 24.3 Å². The molecule has 122 valence electrons. The van der Waals surface area contributed by atoms with Crippen molar-refractivity contribution in [1.29, 1.82) is 0 Å². The molecule has 3 fully saturated rings. The molecule has 2 heteroatoms. The van der Waals surface area contributed by atoms with Crippen LogP contribution in [-0.2, 0) is 5.41 Å². The average Bonchev–Trinajstić information content (AvgIpc) is 2.53. The van der Waals surface area contributed by atoms with E-state index < -0.39 is 0 Å². The molecule has 1 aromatic rings. The van der Waals surface area contributed by atoms with Crippen molar-refractivity contribution in [2.75, 3.05) is 26.2 Å². The van der Waals surface area contributed by atoms with Crippen LogP contribution >= 0.6 is 0 Å². The summed E-state index contributed by atoms with van der Waals surface area (Å²) in [4.78, 5) is 2.63. The SMILES string of the molecule is C[C@H](CN[C@@H]1CN2CCC1CC2)c1ccc(C(C)(C)C)cc1. The van der Waals surface area contributed by atoms with E-state index in [0.717, 1.165) is 18.5 Å². The number of fused-ring (bicyclic) bond motifs is 3. The zero-order valence-electron chi connectivity index (χ0n) is 14.7. The van der Waals surface area contributed by atoms with Crippen molar-refractivity contribution < 1.29 is 0 Å². The number of piperidine rings is 3. The van der Waals surface area contributed by atoms with Gasteiger partial charge in [0.15, 0.2) is 0 Å². The smallest absolute Gasteiger partial charge is 0.0224 e. The Bertz CT molecular complexity index is 477. The second-order valence-electron chi connectivity index (χ2n) is 8.43. The normalized spacial score (nSPS) is 29.5. The molecule has 0 radical (unpaired) electrons. The molecule has 2 bridgehead atoms. The van der Waals surface area contributed by atoms with Crippen molar-refractivity contribution in [3.63, 3.8) is 0 Å². The van der Waals surface area contributed by atoms with E-state index in [1.807, 2.05) is 0 Å².